The van der Waals surface area contributed by atoms with E-state index in [0.717, 1.165) is 5.75 Å². The Morgan fingerprint density at radius 3 is 2.67 bits per heavy atom. The van der Waals surface area contributed by atoms with Gasteiger partial charge in [0.2, 0.25) is 0 Å². The molecule has 3 heteroatoms. The van der Waals surface area contributed by atoms with Gasteiger partial charge in [-0.2, -0.15) is 0 Å². The Kier molecular flexibility index (Phi) is 2.78. The van der Waals surface area contributed by atoms with Crippen molar-refractivity contribution in [3.8, 4) is 5.75 Å². The van der Waals surface area contributed by atoms with Crippen molar-refractivity contribution in [1.29, 1.82) is 0 Å². The van der Waals surface area contributed by atoms with Crippen LogP contribution in [-0.4, -0.2) is 36.7 Å². The number of fused-ring (bicyclic) bond motifs is 1. The van der Waals surface area contributed by atoms with E-state index in [1.165, 1.54) is 23.7 Å². The molecule has 1 aromatic heterocycles. The molecule has 1 saturated carbocycles. The number of rotatable bonds is 3. The number of methoxy groups -OCH3 is 1. The lowest BCUT2D eigenvalue weighted by molar-refractivity contribution is 0.116. The Bertz CT molecular complexity index is 559. The average molecular weight is 244 g/mol. The number of benzene rings is 1. The monoisotopic (exact) mass is 244 g/mol. The second kappa shape index (κ2) is 4.32. The Hall–Kier alpha value is -1.48. The molecule has 2 unspecified atom stereocenters. The van der Waals surface area contributed by atoms with Crippen molar-refractivity contribution in [2.24, 2.45) is 0 Å². The highest BCUT2D eigenvalue weighted by Gasteiger charge is 2.34. The van der Waals surface area contributed by atoms with Gasteiger partial charge >= 0.3 is 0 Å². The molecule has 0 amide bonds. The minimum Gasteiger partial charge on any atom is -0.497 e. The Balaban J connectivity index is 2.01. The minimum absolute atomic E-state index is 0.601. The summed E-state index contributed by atoms with van der Waals surface area (Å²) < 4.78 is 7.74. The molecule has 0 saturated heterocycles. The van der Waals surface area contributed by atoms with E-state index >= 15 is 0 Å². The number of ether oxygens (including phenoxy) is 1. The maximum atomic E-state index is 5.33. The van der Waals surface area contributed by atoms with Crippen LogP contribution in [0.1, 0.15) is 18.9 Å². The molecule has 0 bridgehead atoms. The van der Waals surface area contributed by atoms with Gasteiger partial charge in [-0.1, -0.05) is 0 Å². The quantitative estimate of drug-likeness (QED) is 0.826. The van der Waals surface area contributed by atoms with Crippen molar-refractivity contribution in [3.63, 3.8) is 0 Å². The highest BCUT2D eigenvalue weighted by Crippen LogP contribution is 2.38. The topological polar surface area (TPSA) is 17.4 Å². The Morgan fingerprint density at radius 2 is 2.06 bits per heavy atom. The molecule has 0 N–H and O–H groups in total. The average Bonchev–Trinajstić information content (AvgIpc) is 2.70. The molecule has 3 rings (SSSR count). The van der Waals surface area contributed by atoms with Crippen LogP contribution >= 0.6 is 0 Å². The van der Waals surface area contributed by atoms with Crippen molar-refractivity contribution in [2.45, 2.75) is 24.9 Å². The summed E-state index contributed by atoms with van der Waals surface area (Å²) in [6.07, 6.45) is 4.77. The molecule has 18 heavy (non-hydrogen) atoms. The lowest BCUT2D eigenvalue weighted by Gasteiger charge is -2.42. The molecule has 0 radical (unpaired) electrons. The third kappa shape index (κ3) is 1.70. The normalized spacial score (nSPS) is 23.3. The smallest absolute Gasteiger partial charge is 0.120 e. The van der Waals surface area contributed by atoms with Gasteiger partial charge in [0.05, 0.1) is 12.6 Å². The molecule has 1 heterocycles. The molecule has 96 valence electrons. The number of likely N-dealkylation sites (N-methyl/N-ethyl adjacent to an activating group) is 1. The fourth-order valence-corrected chi connectivity index (χ4v) is 2.94. The first-order valence-electron chi connectivity index (χ1n) is 6.51. The van der Waals surface area contributed by atoms with Crippen LogP contribution in [0.2, 0.25) is 0 Å². The number of nitrogens with zero attached hydrogens (tertiary/aromatic N) is 2. The first-order valence-corrected chi connectivity index (χ1v) is 6.51. The molecule has 1 aromatic carbocycles. The summed E-state index contributed by atoms with van der Waals surface area (Å²) in [5.74, 6) is 0.933. The summed E-state index contributed by atoms with van der Waals surface area (Å²) in [4.78, 5) is 2.33. The van der Waals surface area contributed by atoms with E-state index in [-0.39, 0.29) is 0 Å². The molecule has 3 nitrogen and oxygen atoms in total. The third-order valence-electron chi connectivity index (χ3n) is 4.15. The van der Waals surface area contributed by atoms with Crippen molar-refractivity contribution < 1.29 is 4.74 Å². The zero-order chi connectivity index (χ0) is 12.7. The van der Waals surface area contributed by atoms with Crippen molar-refractivity contribution in [1.82, 2.24) is 9.47 Å². The van der Waals surface area contributed by atoms with E-state index in [1.807, 2.05) is 6.07 Å². The second-order valence-electron chi connectivity index (χ2n) is 5.32. The van der Waals surface area contributed by atoms with E-state index in [1.54, 1.807) is 7.11 Å². The molecule has 0 aliphatic heterocycles. The van der Waals surface area contributed by atoms with Crippen LogP contribution in [0.3, 0.4) is 0 Å². The fourth-order valence-electron chi connectivity index (χ4n) is 2.94. The van der Waals surface area contributed by atoms with Gasteiger partial charge in [0, 0.05) is 24.3 Å². The maximum absolute atomic E-state index is 5.33. The van der Waals surface area contributed by atoms with Gasteiger partial charge in [-0.25, -0.2) is 0 Å². The Labute approximate surface area is 108 Å². The second-order valence-corrected chi connectivity index (χ2v) is 5.32. The summed E-state index contributed by atoms with van der Waals surface area (Å²) >= 11 is 0. The van der Waals surface area contributed by atoms with E-state index in [4.69, 9.17) is 4.74 Å². The van der Waals surface area contributed by atoms with E-state index in [2.05, 4.69) is 48.0 Å². The summed E-state index contributed by atoms with van der Waals surface area (Å²) in [5.41, 5.74) is 1.28. The molecule has 0 spiro atoms. The van der Waals surface area contributed by atoms with Gasteiger partial charge < -0.3 is 14.2 Å². The van der Waals surface area contributed by atoms with Gasteiger partial charge in [0.15, 0.2) is 0 Å². The summed E-state index contributed by atoms with van der Waals surface area (Å²) in [7, 11) is 6.06. The number of hydrogen-bond donors (Lipinski definition) is 0. The van der Waals surface area contributed by atoms with Gasteiger partial charge in [0.25, 0.3) is 0 Å². The van der Waals surface area contributed by atoms with E-state index < -0.39 is 0 Å². The highest BCUT2D eigenvalue weighted by molar-refractivity contribution is 5.81. The van der Waals surface area contributed by atoms with Crippen LogP contribution < -0.4 is 4.74 Å². The fraction of sp³-hybridized carbons (Fsp3) is 0.467. The first kappa shape index (κ1) is 11.6. The van der Waals surface area contributed by atoms with Crippen LogP contribution in [0, 0.1) is 0 Å². The summed E-state index contributed by atoms with van der Waals surface area (Å²) in [6, 6.07) is 9.75. The first-order chi connectivity index (χ1) is 8.70. The van der Waals surface area contributed by atoms with Gasteiger partial charge in [-0.15, -0.1) is 0 Å². The lowest BCUT2D eigenvalue weighted by Crippen LogP contribution is -2.43. The van der Waals surface area contributed by atoms with Gasteiger partial charge in [-0.3, -0.25) is 0 Å². The van der Waals surface area contributed by atoms with Crippen molar-refractivity contribution >= 4 is 10.9 Å². The van der Waals surface area contributed by atoms with Crippen LogP contribution in [-0.2, 0) is 0 Å². The third-order valence-corrected chi connectivity index (χ3v) is 4.15. The van der Waals surface area contributed by atoms with Gasteiger partial charge in [-0.05, 0) is 50.5 Å². The van der Waals surface area contributed by atoms with Crippen molar-refractivity contribution in [3.05, 3.63) is 30.5 Å². The minimum atomic E-state index is 0.601. The van der Waals surface area contributed by atoms with Crippen LogP contribution in [0.15, 0.2) is 30.5 Å². The lowest BCUT2D eigenvalue weighted by atomic mass is 9.85. The largest absolute Gasteiger partial charge is 0.497 e. The summed E-state index contributed by atoms with van der Waals surface area (Å²) in [6.45, 7) is 0. The maximum Gasteiger partial charge on any atom is 0.120 e. The molecular weight excluding hydrogens is 224 g/mol. The Morgan fingerprint density at radius 1 is 1.22 bits per heavy atom. The van der Waals surface area contributed by atoms with E-state index in [0.29, 0.717) is 12.1 Å². The van der Waals surface area contributed by atoms with Crippen molar-refractivity contribution in [2.75, 3.05) is 21.2 Å². The number of aromatic nitrogens is 1. The SMILES string of the molecule is COc1ccc2ccn(C3CCC3N(C)C)c2c1. The molecule has 2 aromatic rings. The zero-order valence-electron chi connectivity index (χ0n) is 11.3. The van der Waals surface area contributed by atoms with Crippen LogP contribution in [0.4, 0.5) is 0 Å². The standard InChI is InChI=1S/C15H20N2O/c1-16(2)13-6-7-14(13)17-9-8-11-4-5-12(18-3)10-15(11)17/h4-5,8-10,13-14H,6-7H2,1-3H3. The molecule has 1 aliphatic carbocycles. The molecule has 2 atom stereocenters. The predicted molar refractivity (Wildman–Crippen MR) is 74.2 cm³/mol. The van der Waals surface area contributed by atoms with Crippen LogP contribution in [0.25, 0.3) is 10.9 Å². The molecule has 1 aliphatic rings. The molecular formula is C15H20N2O. The van der Waals surface area contributed by atoms with E-state index in [9.17, 15) is 0 Å². The highest BCUT2D eigenvalue weighted by atomic mass is 16.5. The van der Waals surface area contributed by atoms with Crippen LogP contribution in [0.5, 0.6) is 5.75 Å². The summed E-state index contributed by atoms with van der Waals surface area (Å²) in [5, 5.41) is 1.29. The van der Waals surface area contributed by atoms with Gasteiger partial charge in [0.1, 0.15) is 5.75 Å². The predicted octanol–water partition coefficient (Wildman–Crippen LogP) is 2.92. The zero-order valence-corrected chi connectivity index (χ0v) is 11.3. The number of hydrogen-bond acceptors (Lipinski definition) is 2. The molecule has 1 fully saturated rings.